The molecule has 0 bridgehead atoms. The molecule has 1 heterocycles. The van der Waals surface area contributed by atoms with Gasteiger partial charge in [-0.3, -0.25) is 4.79 Å². The van der Waals surface area contributed by atoms with Gasteiger partial charge in [-0.15, -0.1) is 0 Å². The number of alkyl halides is 2. The fourth-order valence-corrected chi connectivity index (χ4v) is 2.33. The molecule has 0 saturated heterocycles. The van der Waals surface area contributed by atoms with E-state index in [1.165, 1.54) is 0 Å². The van der Waals surface area contributed by atoms with E-state index in [1.807, 2.05) is 12.1 Å². The van der Waals surface area contributed by atoms with Gasteiger partial charge in [0.05, 0.1) is 0 Å². The quantitative estimate of drug-likeness (QED) is 0.621. The predicted octanol–water partition coefficient (Wildman–Crippen LogP) is 2.77. The lowest BCUT2D eigenvalue weighted by molar-refractivity contribution is -0.117. The largest absolute Gasteiger partial charge is 0.282 e. The maximum atomic E-state index is 13.3. The number of rotatable bonds is 0. The summed E-state index contributed by atoms with van der Waals surface area (Å²) in [5.74, 6) is 0. The van der Waals surface area contributed by atoms with Crippen LogP contribution < -0.4 is 0 Å². The van der Waals surface area contributed by atoms with E-state index in [4.69, 9.17) is 11.6 Å². The molecule has 0 aromatic heterocycles. The summed E-state index contributed by atoms with van der Waals surface area (Å²) in [4.78, 5) is 11.9. The summed E-state index contributed by atoms with van der Waals surface area (Å²) in [7, 11) is 0. The van der Waals surface area contributed by atoms with Crippen molar-refractivity contribution in [2.45, 2.75) is 16.4 Å². The molecule has 1 aromatic rings. The Morgan fingerprint density at radius 2 is 2.15 bits per heavy atom. The summed E-state index contributed by atoms with van der Waals surface area (Å²) in [6, 6.07) is 7.20. The third-order valence-electron chi connectivity index (χ3n) is 1.89. The van der Waals surface area contributed by atoms with Crippen LogP contribution in [-0.4, -0.2) is 10.2 Å². The van der Waals surface area contributed by atoms with Crippen LogP contribution in [0.2, 0.25) is 0 Å². The summed E-state index contributed by atoms with van der Waals surface area (Å²) in [5.41, 5.74) is 0.796. The first-order valence-electron chi connectivity index (χ1n) is 3.77. The molecule has 1 atom stereocenters. The molecule has 1 aromatic carbocycles. The summed E-state index contributed by atoms with van der Waals surface area (Å²) in [6.07, 6.45) is -0.0312. The van der Waals surface area contributed by atoms with Crippen molar-refractivity contribution < 1.29 is 9.18 Å². The molecule has 0 aliphatic carbocycles. The molecule has 68 valence electrons. The number of hydrogen-bond donors (Lipinski definition) is 0. The number of fused-ring (bicyclic) bond motifs is 1. The summed E-state index contributed by atoms with van der Waals surface area (Å²) < 4.78 is 13.3. The van der Waals surface area contributed by atoms with E-state index in [2.05, 4.69) is 0 Å². The fourth-order valence-electron chi connectivity index (χ4n) is 1.24. The molecule has 13 heavy (non-hydrogen) atoms. The summed E-state index contributed by atoms with van der Waals surface area (Å²) >= 11 is 6.29. The zero-order chi connectivity index (χ0) is 9.47. The number of hydrogen-bond acceptors (Lipinski definition) is 2. The Hall–Kier alpha value is -0.540. The maximum absolute atomic E-state index is 13.3. The van der Waals surface area contributed by atoms with Crippen LogP contribution in [0.25, 0.3) is 0 Å². The second kappa shape index (κ2) is 3.00. The van der Waals surface area contributed by atoms with Gasteiger partial charge in [0.1, 0.15) is 0 Å². The Morgan fingerprint density at radius 3 is 2.92 bits per heavy atom. The lowest BCUT2D eigenvalue weighted by Gasteiger charge is -2.22. The Morgan fingerprint density at radius 1 is 1.46 bits per heavy atom. The number of carbonyl (C=O) groups is 1. The van der Waals surface area contributed by atoms with E-state index >= 15 is 0 Å². The zero-order valence-electron chi connectivity index (χ0n) is 6.59. The monoisotopic (exact) mass is 216 g/mol. The van der Waals surface area contributed by atoms with Gasteiger partial charge in [0.2, 0.25) is 5.12 Å². The number of halogens is 2. The van der Waals surface area contributed by atoms with E-state index in [9.17, 15) is 9.18 Å². The summed E-state index contributed by atoms with van der Waals surface area (Å²) in [5, 5.41) is -2.84. The highest BCUT2D eigenvalue weighted by Crippen LogP contribution is 2.40. The highest BCUT2D eigenvalue weighted by Gasteiger charge is 2.41. The van der Waals surface area contributed by atoms with E-state index in [0.29, 0.717) is 0 Å². The molecular weight excluding hydrogens is 211 g/mol. The van der Waals surface area contributed by atoms with Crippen molar-refractivity contribution in [2.75, 3.05) is 0 Å². The molecular formula is C9H6ClFOS. The predicted molar refractivity (Wildman–Crippen MR) is 50.7 cm³/mol. The van der Waals surface area contributed by atoms with Gasteiger partial charge in [0.25, 0.3) is 5.13 Å². The first-order valence-corrected chi connectivity index (χ1v) is 4.97. The smallest absolute Gasteiger partial charge is 0.255 e. The average molecular weight is 217 g/mol. The minimum absolute atomic E-state index is 0.0312. The van der Waals surface area contributed by atoms with E-state index in [1.54, 1.807) is 12.1 Å². The van der Waals surface area contributed by atoms with Crippen LogP contribution in [0.15, 0.2) is 29.2 Å². The topological polar surface area (TPSA) is 17.1 Å². The Labute approximate surface area is 84.3 Å². The van der Waals surface area contributed by atoms with Crippen LogP contribution in [-0.2, 0) is 11.2 Å². The van der Waals surface area contributed by atoms with Crippen LogP contribution >= 0.6 is 23.4 Å². The molecule has 1 aliphatic rings. The number of benzene rings is 1. The van der Waals surface area contributed by atoms with Crippen molar-refractivity contribution in [3.05, 3.63) is 29.8 Å². The third-order valence-corrected chi connectivity index (χ3v) is 3.43. The molecule has 0 fully saturated rings. The summed E-state index contributed by atoms with van der Waals surface area (Å²) in [6.45, 7) is 0. The van der Waals surface area contributed by atoms with E-state index in [0.717, 1.165) is 22.2 Å². The van der Waals surface area contributed by atoms with Crippen LogP contribution in [0.3, 0.4) is 0 Å². The van der Waals surface area contributed by atoms with Crippen molar-refractivity contribution in [1.82, 2.24) is 0 Å². The third kappa shape index (κ3) is 1.58. The van der Waals surface area contributed by atoms with Crippen LogP contribution in [0.4, 0.5) is 4.39 Å². The maximum Gasteiger partial charge on any atom is 0.255 e. The zero-order valence-corrected chi connectivity index (χ0v) is 8.16. The van der Waals surface area contributed by atoms with Crippen LogP contribution in [0.1, 0.15) is 5.56 Å². The molecule has 0 saturated carbocycles. The lowest BCUT2D eigenvalue weighted by atomic mass is 10.1. The van der Waals surface area contributed by atoms with Gasteiger partial charge < -0.3 is 0 Å². The van der Waals surface area contributed by atoms with Gasteiger partial charge in [0, 0.05) is 11.3 Å². The van der Waals surface area contributed by atoms with Gasteiger partial charge in [-0.05, 0) is 23.4 Å². The highest BCUT2D eigenvalue weighted by molar-refractivity contribution is 8.14. The molecule has 0 spiro atoms. The van der Waals surface area contributed by atoms with Crippen LogP contribution in [0.5, 0.6) is 0 Å². The normalized spacial score (nSPS) is 27.1. The van der Waals surface area contributed by atoms with Gasteiger partial charge in [-0.25, -0.2) is 4.39 Å². The second-order valence-electron chi connectivity index (χ2n) is 2.88. The minimum atomic E-state index is -2.22. The fraction of sp³-hybridized carbons (Fsp3) is 0.222. The SMILES string of the molecule is O=C1Sc2ccccc2CC1(F)Cl. The molecule has 1 unspecified atom stereocenters. The molecule has 4 heteroatoms. The minimum Gasteiger partial charge on any atom is -0.282 e. The molecule has 0 radical (unpaired) electrons. The molecule has 0 N–H and O–H groups in total. The van der Waals surface area contributed by atoms with Crippen molar-refractivity contribution in [3.8, 4) is 0 Å². The Kier molecular flexibility index (Phi) is 2.08. The molecule has 1 nitrogen and oxygen atoms in total. The standard InChI is InChI=1S/C9H6ClFOS/c10-9(11)5-6-3-1-2-4-7(6)13-8(9)12/h1-4H,5H2. The van der Waals surface area contributed by atoms with Crippen molar-refractivity contribution in [3.63, 3.8) is 0 Å². The average Bonchev–Trinajstić information content (AvgIpc) is 2.06. The Bertz CT molecular complexity index is 364. The number of thioether (sulfide) groups is 1. The lowest BCUT2D eigenvalue weighted by Crippen LogP contribution is -2.30. The first-order chi connectivity index (χ1) is 6.09. The van der Waals surface area contributed by atoms with Gasteiger partial charge in [-0.1, -0.05) is 29.8 Å². The second-order valence-corrected chi connectivity index (χ2v) is 4.49. The molecule has 1 aliphatic heterocycles. The van der Waals surface area contributed by atoms with Crippen molar-refractivity contribution in [2.24, 2.45) is 0 Å². The van der Waals surface area contributed by atoms with Crippen molar-refractivity contribution >= 4 is 28.5 Å². The van der Waals surface area contributed by atoms with E-state index in [-0.39, 0.29) is 6.42 Å². The van der Waals surface area contributed by atoms with Crippen LogP contribution in [0, 0.1) is 0 Å². The Balaban J connectivity index is 2.44. The number of carbonyl (C=O) groups excluding carboxylic acids is 1. The highest BCUT2D eigenvalue weighted by atomic mass is 35.5. The first kappa shape index (κ1) is 9.03. The van der Waals surface area contributed by atoms with E-state index < -0.39 is 10.2 Å². The van der Waals surface area contributed by atoms with Gasteiger partial charge >= 0.3 is 0 Å². The van der Waals surface area contributed by atoms with Crippen molar-refractivity contribution in [1.29, 1.82) is 0 Å². The molecule has 0 amide bonds. The van der Waals surface area contributed by atoms with Gasteiger partial charge in [0.15, 0.2) is 0 Å². The van der Waals surface area contributed by atoms with Gasteiger partial charge in [-0.2, -0.15) is 0 Å². The molecule has 2 rings (SSSR count).